The molecule has 2 aromatic rings. The summed E-state index contributed by atoms with van der Waals surface area (Å²) in [5, 5.41) is 4.59. The third kappa shape index (κ3) is 3.15. The maximum absolute atomic E-state index is 12.3. The molecule has 112 valence electrons. The van der Waals surface area contributed by atoms with E-state index in [1.165, 1.54) is 0 Å². The maximum atomic E-state index is 12.3. The molecular formula is C17H23N3O. The van der Waals surface area contributed by atoms with Crippen LogP contribution in [0.4, 0.5) is 0 Å². The normalized spacial score (nSPS) is 10.7. The van der Waals surface area contributed by atoms with E-state index in [4.69, 9.17) is 0 Å². The number of aryl methyl sites for hydroxylation is 1. The molecule has 0 N–H and O–H groups in total. The molecule has 0 aliphatic heterocycles. The zero-order valence-corrected chi connectivity index (χ0v) is 13.3. The van der Waals surface area contributed by atoms with Crippen LogP contribution in [0.1, 0.15) is 30.8 Å². The third-order valence-corrected chi connectivity index (χ3v) is 3.89. The predicted molar refractivity (Wildman–Crippen MR) is 84.7 cm³/mol. The first-order valence-corrected chi connectivity index (χ1v) is 7.46. The fourth-order valence-electron chi connectivity index (χ4n) is 2.59. The van der Waals surface area contributed by atoms with E-state index in [2.05, 4.69) is 5.10 Å². The summed E-state index contributed by atoms with van der Waals surface area (Å²) in [5.41, 5.74) is 4.03. The van der Waals surface area contributed by atoms with Crippen LogP contribution in [0.5, 0.6) is 0 Å². The van der Waals surface area contributed by atoms with Gasteiger partial charge >= 0.3 is 0 Å². The van der Waals surface area contributed by atoms with Crippen LogP contribution in [0.15, 0.2) is 30.3 Å². The van der Waals surface area contributed by atoms with Crippen LogP contribution in [0.2, 0.25) is 0 Å². The molecule has 2 rings (SSSR count). The van der Waals surface area contributed by atoms with E-state index in [1.54, 1.807) is 0 Å². The van der Waals surface area contributed by atoms with Gasteiger partial charge in [-0.05, 0) is 39.8 Å². The number of hydrogen-bond acceptors (Lipinski definition) is 2. The molecule has 4 nitrogen and oxygen atoms in total. The number of hydrogen-bond donors (Lipinski definition) is 0. The van der Waals surface area contributed by atoms with E-state index < -0.39 is 0 Å². The molecule has 0 saturated carbocycles. The summed E-state index contributed by atoms with van der Waals surface area (Å²) in [4.78, 5) is 14.2. The first-order chi connectivity index (χ1) is 10.1. The summed E-state index contributed by atoms with van der Waals surface area (Å²) in [5.74, 6) is 0.166. The number of carbonyl (C=O) groups is 1. The molecule has 0 fully saturated rings. The highest BCUT2D eigenvalue weighted by Gasteiger charge is 2.18. The minimum Gasteiger partial charge on any atom is -0.343 e. The Morgan fingerprint density at radius 2 is 1.76 bits per heavy atom. The molecule has 0 atom stereocenters. The van der Waals surface area contributed by atoms with Gasteiger partial charge in [0.25, 0.3) is 0 Å². The van der Waals surface area contributed by atoms with Crippen molar-refractivity contribution in [1.29, 1.82) is 0 Å². The van der Waals surface area contributed by atoms with Gasteiger partial charge in [0.2, 0.25) is 5.91 Å². The van der Waals surface area contributed by atoms with Crippen molar-refractivity contribution in [3.63, 3.8) is 0 Å². The van der Waals surface area contributed by atoms with Gasteiger partial charge in [-0.2, -0.15) is 5.10 Å². The predicted octanol–water partition coefficient (Wildman–Crippen LogP) is 2.90. The second-order valence-electron chi connectivity index (χ2n) is 5.14. The lowest BCUT2D eigenvalue weighted by atomic mass is 10.1. The van der Waals surface area contributed by atoms with Crippen molar-refractivity contribution in [2.45, 2.75) is 34.1 Å². The van der Waals surface area contributed by atoms with Gasteiger partial charge in [0.05, 0.1) is 17.8 Å². The smallest absolute Gasteiger partial charge is 0.227 e. The Hall–Kier alpha value is -2.10. The second kappa shape index (κ2) is 6.57. The van der Waals surface area contributed by atoms with E-state index in [9.17, 15) is 4.79 Å². The van der Waals surface area contributed by atoms with Gasteiger partial charge in [-0.15, -0.1) is 0 Å². The average Bonchev–Trinajstić information content (AvgIpc) is 2.77. The average molecular weight is 285 g/mol. The molecule has 0 aliphatic carbocycles. The van der Waals surface area contributed by atoms with Crippen LogP contribution in [-0.2, 0) is 11.2 Å². The van der Waals surface area contributed by atoms with Crippen molar-refractivity contribution in [1.82, 2.24) is 14.7 Å². The van der Waals surface area contributed by atoms with Crippen molar-refractivity contribution in [2.24, 2.45) is 0 Å². The number of nitrogens with zero attached hydrogens (tertiary/aromatic N) is 3. The van der Waals surface area contributed by atoms with Crippen molar-refractivity contribution in [2.75, 3.05) is 13.1 Å². The largest absolute Gasteiger partial charge is 0.343 e. The molecule has 1 aromatic carbocycles. The van der Waals surface area contributed by atoms with Crippen LogP contribution in [0, 0.1) is 13.8 Å². The zero-order valence-electron chi connectivity index (χ0n) is 13.3. The van der Waals surface area contributed by atoms with Crippen LogP contribution in [0.3, 0.4) is 0 Å². The van der Waals surface area contributed by atoms with Crippen LogP contribution >= 0.6 is 0 Å². The highest BCUT2D eigenvalue weighted by Crippen LogP contribution is 2.19. The number of rotatable bonds is 5. The highest BCUT2D eigenvalue weighted by molar-refractivity contribution is 5.79. The molecular weight excluding hydrogens is 262 g/mol. The molecule has 0 spiro atoms. The van der Waals surface area contributed by atoms with Gasteiger partial charge in [-0.1, -0.05) is 18.2 Å². The molecule has 1 heterocycles. The highest BCUT2D eigenvalue weighted by atomic mass is 16.2. The standard InChI is InChI=1S/C17H23N3O/c1-5-19(6-2)17(21)12-16-13(3)18-20(14(16)4)15-10-8-7-9-11-15/h7-11H,5-6,12H2,1-4H3. The van der Waals surface area contributed by atoms with Gasteiger partial charge in [-0.25, -0.2) is 4.68 Å². The van der Waals surface area contributed by atoms with Gasteiger partial charge in [0, 0.05) is 24.3 Å². The summed E-state index contributed by atoms with van der Waals surface area (Å²) in [6, 6.07) is 10.0. The van der Waals surface area contributed by atoms with Crippen LogP contribution < -0.4 is 0 Å². The summed E-state index contributed by atoms with van der Waals surface area (Å²) >= 11 is 0. The quantitative estimate of drug-likeness (QED) is 0.847. The molecule has 0 radical (unpaired) electrons. The Morgan fingerprint density at radius 3 is 2.33 bits per heavy atom. The zero-order chi connectivity index (χ0) is 15.4. The van der Waals surface area contributed by atoms with E-state index in [-0.39, 0.29) is 5.91 Å². The maximum Gasteiger partial charge on any atom is 0.227 e. The molecule has 1 aromatic heterocycles. The molecule has 0 saturated heterocycles. The van der Waals surface area contributed by atoms with Crippen molar-refractivity contribution >= 4 is 5.91 Å². The van der Waals surface area contributed by atoms with Gasteiger partial charge in [-0.3, -0.25) is 4.79 Å². The van der Waals surface area contributed by atoms with Crippen LogP contribution in [-0.4, -0.2) is 33.7 Å². The fraction of sp³-hybridized carbons (Fsp3) is 0.412. The van der Waals surface area contributed by atoms with E-state index in [0.29, 0.717) is 6.42 Å². The van der Waals surface area contributed by atoms with E-state index in [1.807, 2.05) is 67.6 Å². The SMILES string of the molecule is CCN(CC)C(=O)Cc1c(C)nn(-c2ccccc2)c1C. The first-order valence-electron chi connectivity index (χ1n) is 7.46. The molecule has 0 bridgehead atoms. The fourth-order valence-corrected chi connectivity index (χ4v) is 2.59. The number of para-hydroxylation sites is 1. The lowest BCUT2D eigenvalue weighted by Gasteiger charge is -2.18. The van der Waals surface area contributed by atoms with E-state index >= 15 is 0 Å². The lowest BCUT2D eigenvalue weighted by molar-refractivity contribution is -0.130. The number of carbonyl (C=O) groups excluding carboxylic acids is 1. The number of benzene rings is 1. The molecule has 1 amide bonds. The van der Waals surface area contributed by atoms with Gasteiger partial charge in [0.1, 0.15) is 0 Å². The summed E-state index contributed by atoms with van der Waals surface area (Å²) in [6.45, 7) is 9.51. The Bertz CT molecular complexity index is 612. The second-order valence-corrected chi connectivity index (χ2v) is 5.14. The van der Waals surface area contributed by atoms with E-state index in [0.717, 1.165) is 35.7 Å². The lowest BCUT2D eigenvalue weighted by Crippen LogP contribution is -2.32. The van der Waals surface area contributed by atoms with Crippen molar-refractivity contribution in [3.05, 3.63) is 47.3 Å². The molecule has 0 unspecified atom stereocenters. The van der Waals surface area contributed by atoms with Gasteiger partial charge in [0.15, 0.2) is 0 Å². The number of likely N-dealkylation sites (N-methyl/N-ethyl adjacent to an activating group) is 1. The minimum absolute atomic E-state index is 0.166. The van der Waals surface area contributed by atoms with Gasteiger partial charge < -0.3 is 4.90 Å². The van der Waals surface area contributed by atoms with Crippen molar-refractivity contribution < 1.29 is 4.79 Å². The summed E-state index contributed by atoms with van der Waals surface area (Å²) in [7, 11) is 0. The molecule has 21 heavy (non-hydrogen) atoms. The topological polar surface area (TPSA) is 38.1 Å². The third-order valence-electron chi connectivity index (χ3n) is 3.89. The Labute approximate surface area is 126 Å². The molecule has 4 heteroatoms. The molecule has 0 aliphatic rings. The summed E-state index contributed by atoms with van der Waals surface area (Å²) < 4.78 is 1.92. The minimum atomic E-state index is 0.166. The monoisotopic (exact) mass is 285 g/mol. The summed E-state index contributed by atoms with van der Waals surface area (Å²) in [6.07, 6.45) is 0.423. The first kappa shape index (κ1) is 15.3. The Morgan fingerprint density at radius 1 is 1.14 bits per heavy atom. The van der Waals surface area contributed by atoms with Crippen molar-refractivity contribution in [3.8, 4) is 5.69 Å². The number of amides is 1. The Kier molecular flexibility index (Phi) is 4.78. The number of aromatic nitrogens is 2. The Balaban J connectivity index is 2.30. The van der Waals surface area contributed by atoms with Crippen LogP contribution in [0.25, 0.3) is 5.69 Å².